The average Bonchev–Trinajstić information content (AvgIpc) is 2.70. The van der Waals surface area contributed by atoms with Gasteiger partial charge in [-0.3, -0.25) is 28.5 Å². The molecule has 0 fully saturated rings. The van der Waals surface area contributed by atoms with Gasteiger partial charge in [0.05, 0.1) is 19.8 Å². The van der Waals surface area contributed by atoms with Crippen LogP contribution in [0.15, 0.2) is 55.4 Å². The summed E-state index contributed by atoms with van der Waals surface area (Å²) in [7, 11) is -3.84. The standard InChI is InChI=1S/C21H24N3O4P/c1-16-4-19(10-22-7-16)13-26-29(25,27-14-20-5-17(2)8-23-11-20)28-15-21-6-18(3)9-24-12-21/h4-12H,13-15H2,1-3H3. The van der Waals surface area contributed by atoms with Crippen LogP contribution < -0.4 is 0 Å². The summed E-state index contributed by atoms with van der Waals surface area (Å²) in [5.74, 6) is 0. The first-order valence-corrected chi connectivity index (χ1v) is 10.6. The molecular formula is C21H24N3O4P. The zero-order chi connectivity index (χ0) is 20.7. The molecule has 29 heavy (non-hydrogen) atoms. The van der Waals surface area contributed by atoms with Gasteiger partial charge in [0.2, 0.25) is 0 Å². The van der Waals surface area contributed by atoms with Crippen molar-refractivity contribution in [3.63, 3.8) is 0 Å². The number of hydrogen-bond donors (Lipinski definition) is 0. The van der Waals surface area contributed by atoms with Gasteiger partial charge in [-0.05, 0) is 54.2 Å². The minimum Gasteiger partial charge on any atom is -0.282 e. The topological polar surface area (TPSA) is 83.4 Å². The van der Waals surface area contributed by atoms with E-state index in [0.717, 1.165) is 33.4 Å². The summed E-state index contributed by atoms with van der Waals surface area (Å²) >= 11 is 0. The number of hydrogen-bond acceptors (Lipinski definition) is 7. The van der Waals surface area contributed by atoms with Crippen LogP contribution in [0.1, 0.15) is 33.4 Å². The molecule has 3 heterocycles. The number of nitrogens with zero attached hydrogens (tertiary/aromatic N) is 3. The van der Waals surface area contributed by atoms with Crippen molar-refractivity contribution < 1.29 is 18.1 Å². The first-order valence-electron chi connectivity index (χ1n) is 9.17. The molecule has 0 aliphatic heterocycles. The van der Waals surface area contributed by atoms with Crippen LogP contribution in [0.25, 0.3) is 0 Å². The molecule has 0 aliphatic rings. The predicted octanol–water partition coefficient (Wildman–Crippen LogP) is 4.86. The third kappa shape index (κ3) is 6.84. The van der Waals surface area contributed by atoms with Gasteiger partial charge in [-0.15, -0.1) is 0 Å². The molecule has 3 aromatic heterocycles. The summed E-state index contributed by atoms with van der Waals surface area (Å²) in [5.41, 5.74) is 5.31. The van der Waals surface area contributed by atoms with Crippen LogP contribution in [0.3, 0.4) is 0 Å². The minimum absolute atomic E-state index is 0.0596. The molecule has 7 nitrogen and oxygen atoms in total. The summed E-state index contributed by atoms with van der Waals surface area (Å²) in [4.78, 5) is 12.4. The number of phosphoric ester groups is 1. The van der Waals surface area contributed by atoms with Crippen molar-refractivity contribution >= 4 is 7.82 Å². The van der Waals surface area contributed by atoms with Crippen molar-refractivity contribution in [2.45, 2.75) is 40.6 Å². The molecule has 152 valence electrons. The molecular weight excluding hydrogens is 389 g/mol. The molecule has 0 spiro atoms. The van der Waals surface area contributed by atoms with E-state index in [1.807, 2.05) is 39.0 Å². The van der Waals surface area contributed by atoms with Gasteiger partial charge >= 0.3 is 7.82 Å². The fourth-order valence-corrected chi connectivity index (χ4v) is 3.81. The number of rotatable bonds is 9. The second-order valence-corrected chi connectivity index (χ2v) is 8.55. The molecule has 0 saturated heterocycles. The highest BCUT2D eigenvalue weighted by atomic mass is 31.2. The molecule has 0 bridgehead atoms. The fraction of sp³-hybridized carbons (Fsp3) is 0.286. The maximum atomic E-state index is 13.3. The van der Waals surface area contributed by atoms with Gasteiger partial charge in [0, 0.05) is 37.2 Å². The fourth-order valence-electron chi connectivity index (χ4n) is 2.66. The predicted molar refractivity (Wildman–Crippen MR) is 109 cm³/mol. The second-order valence-electron chi connectivity index (χ2n) is 6.88. The third-order valence-corrected chi connectivity index (χ3v) is 5.30. The molecule has 0 radical (unpaired) electrons. The van der Waals surface area contributed by atoms with E-state index in [-0.39, 0.29) is 19.8 Å². The zero-order valence-corrected chi connectivity index (χ0v) is 17.6. The molecule has 0 aromatic carbocycles. The van der Waals surface area contributed by atoms with Crippen molar-refractivity contribution in [2.75, 3.05) is 0 Å². The summed E-state index contributed by atoms with van der Waals surface area (Å²) in [5, 5.41) is 0. The Morgan fingerprint density at radius 3 is 1.21 bits per heavy atom. The van der Waals surface area contributed by atoms with Gasteiger partial charge in [0.15, 0.2) is 0 Å². The van der Waals surface area contributed by atoms with Crippen LogP contribution in [0.4, 0.5) is 0 Å². The lowest BCUT2D eigenvalue weighted by Gasteiger charge is -2.18. The first kappa shape index (κ1) is 21.3. The number of aromatic nitrogens is 3. The van der Waals surface area contributed by atoms with E-state index in [0.29, 0.717) is 0 Å². The normalized spacial score (nSPS) is 11.6. The van der Waals surface area contributed by atoms with Crippen molar-refractivity contribution in [1.29, 1.82) is 0 Å². The van der Waals surface area contributed by atoms with E-state index < -0.39 is 7.82 Å². The Balaban J connectivity index is 1.70. The van der Waals surface area contributed by atoms with Crippen molar-refractivity contribution in [2.24, 2.45) is 0 Å². The Morgan fingerprint density at radius 1 is 0.621 bits per heavy atom. The lowest BCUT2D eigenvalue weighted by molar-refractivity contribution is 0.0976. The van der Waals surface area contributed by atoms with E-state index in [2.05, 4.69) is 15.0 Å². The average molecular weight is 413 g/mol. The number of aryl methyl sites for hydroxylation is 3. The van der Waals surface area contributed by atoms with Crippen LogP contribution in [0.5, 0.6) is 0 Å². The Labute approximate surface area is 170 Å². The van der Waals surface area contributed by atoms with Gasteiger partial charge < -0.3 is 0 Å². The van der Waals surface area contributed by atoms with E-state index in [4.69, 9.17) is 13.6 Å². The monoisotopic (exact) mass is 413 g/mol. The Morgan fingerprint density at radius 2 is 0.931 bits per heavy atom. The highest BCUT2D eigenvalue weighted by Crippen LogP contribution is 2.51. The van der Waals surface area contributed by atoms with Crippen LogP contribution in [-0.2, 0) is 38.0 Å². The summed E-state index contributed by atoms with van der Waals surface area (Å²) in [6, 6.07) is 5.73. The lowest BCUT2D eigenvalue weighted by atomic mass is 10.2. The molecule has 0 N–H and O–H groups in total. The molecule has 0 amide bonds. The Hall–Kier alpha value is -2.44. The summed E-state index contributed by atoms with van der Waals surface area (Å²) in [6.07, 6.45) is 10.2. The maximum Gasteiger partial charge on any atom is 0.475 e. The highest BCUT2D eigenvalue weighted by Gasteiger charge is 2.27. The van der Waals surface area contributed by atoms with E-state index >= 15 is 0 Å². The first-order chi connectivity index (χ1) is 13.9. The zero-order valence-electron chi connectivity index (χ0n) is 16.7. The number of pyridine rings is 3. The summed E-state index contributed by atoms with van der Waals surface area (Å²) in [6.45, 7) is 5.97. The van der Waals surface area contributed by atoms with E-state index in [1.165, 1.54) is 0 Å². The molecule has 8 heteroatoms. The smallest absolute Gasteiger partial charge is 0.282 e. The Bertz CT molecular complexity index is 885. The van der Waals surface area contributed by atoms with Crippen LogP contribution >= 0.6 is 7.82 Å². The second kappa shape index (κ2) is 9.85. The SMILES string of the molecule is Cc1cncc(COP(=O)(OCc2cncc(C)c2)OCc2cncc(C)c2)c1. The lowest BCUT2D eigenvalue weighted by Crippen LogP contribution is -2.03. The van der Waals surface area contributed by atoms with E-state index in [1.54, 1.807) is 37.2 Å². The highest BCUT2D eigenvalue weighted by molar-refractivity contribution is 7.48. The Kier molecular flexibility index (Phi) is 7.23. The maximum absolute atomic E-state index is 13.3. The minimum atomic E-state index is -3.84. The number of phosphoric acid groups is 1. The molecule has 0 saturated carbocycles. The summed E-state index contributed by atoms with van der Waals surface area (Å²) < 4.78 is 30.1. The van der Waals surface area contributed by atoms with Gasteiger partial charge in [-0.25, -0.2) is 4.57 Å². The third-order valence-electron chi connectivity index (χ3n) is 3.96. The van der Waals surface area contributed by atoms with Crippen LogP contribution in [0, 0.1) is 20.8 Å². The van der Waals surface area contributed by atoms with E-state index in [9.17, 15) is 4.57 Å². The van der Waals surface area contributed by atoms with Gasteiger partial charge in [0.1, 0.15) is 0 Å². The van der Waals surface area contributed by atoms with Gasteiger partial charge in [-0.2, -0.15) is 0 Å². The van der Waals surface area contributed by atoms with Gasteiger partial charge in [0.25, 0.3) is 0 Å². The van der Waals surface area contributed by atoms with Crippen molar-refractivity contribution in [3.05, 3.63) is 88.8 Å². The molecule has 3 rings (SSSR count). The van der Waals surface area contributed by atoms with Crippen LogP contribution in [0.2, 0.25) is 0 Å². The molecule has 0 atom stereocenters. The van der Waals surface area contributed by atoms with Crippen molar-refractivity contribution in [3.8, 4) is 0 Å². The molecule has 3 aromatic rings. The van der Waals surface area contributed by atoms with Crippen molar-refractivity contribution in [1.82, 2.24) is 15.0 Å². The van der Waals surface area contributed by atoms with Crippen LogP contribution in [-0.4, -0.2) is 15.0 Å². The quantitative estimate of drug-likeness (QED) is 0.464. The molecule has 0 aliphatic carbocycles. The van der Waals surface area contributed by atoms with Gasteiger partial charge in [-0.1, -0.05) is 18.2 Å². The largest absolute Gasteiger partial charge is 0.475 e. The molecule has 0 unspecified atom stereocenters.